The minimum Gasteiger partial charge on any atom is -0.573 e. The third kappa shape index (κ3) is 6.73. The van der Waals surface area contributed by atoms with Crippen molar-refractivity contribution in [1.82, 2.24) is 19.2 Å². The first-order valence-corrected chi connectivity index (χ1v) is 18.3. The molecule has 3 aromatic carbocycles. The largest absolute Gasteiger partial charge is 0.573 e. The van der Waals surface area contributed by atoms with E-state index in [2.05, 4.69) is 24.5 Å². The molecular weight excluding hydrogens is 711 g/mol. The minimum atomic E-state index is -1.97. The number of amides is 1. The van der Waals surface area contributed by atoms with Crippen molar-refractivity contribution in [2.45, 2.75) is 19.0 Å². The number of hydrogen-bond donors (Lipinski definition) is 3. The molecule has 0 saturated carbocycles. The molecule has 3 aliphatic heterocycles. The highest BCUT2D eigenvalue weighted by atomic mass is 32.2. The van der Waals surface area contributed by atoms with Crippen LogP contribution in [0.25, 0.3) is 22.2 Å². The zero-order valence-electron chi connectivity index (χ0n) is 28.4. The van der Waals surface area contributed by atoms with Crippen LogP contribution < -0.4 is 15.4 Å². The molecule has 2 aromatic heterocycles. The summed E-state index contributed by atoms with van der Waals surface area (Å²) < 4.78 is 74.8. The predicted octanol–water partition coefficient (Wildman–Crippen LogP) is 5.38. The second-order valence-electron chi connectivity index (χ2n) is 14.1. The number of anilines is 2. The number of primary amides is 1. The van der Waals surface area contributed by atoms with Gasteiger partial charge in [0.25, 0.3) is 5.91 Å². The van der Waals surface area contributed by atoms with Crippen molar-refractivity contribution in [1.29, 1.82) is 0 Å². The van der Waals surface area contributed by atoms with Crippen molar-refractivity contribution in [3.8, 4) is 11.1 Å². The number of fused-ring (bicyclic) bond motifs is 1. The highest BCUT2D eigenvalue weighted by Gasteiger charge is 2.51. The lowest BCUT2D eigenvalue weighted by molar-refractivity contribution is -0.0206. The van der Waals surface area contributed by atoms with Gasteiger partial charge in [0.15, 0.2) is 17.4 Å². The average molecular weight is 746 g/mol. The number of pyridine rings is 1. The van der Waals surface area contributed by atoms with Gasteiger partial charge in [0, 0.05) is 79.3 Å². The quantitative estimate of drug-likeness (QED) is 0.0934. The lowest BCUT2D eigenvalue weighted by Gasteiger charge is -2.61. The molecule has 0 aliphatic carbocycles. The predicted molar refractivity (Wildman–Crippen MR) is 194 cm³/mol. The van der Waals surface area contributed by atoms with Crippen LogP contribution in [0.2, 0.25) is 0 Å². The summed E-state index contributed by atoms with van der Waals surface area (Å²) in [6.07, 6.45) is 2.93. The molecule has 2 unspecified atom stereocenters. The molecule has 53 heavy (non-hydrogen) atoms. The van der Waals surface area contributed by atoms with Gasteiger partial charge >= 0.3 is 0 Å². The van der Waals surface area contributed by atoms with Gasteiger partial charge < -0.3 is 25.1 Å². The highest BCUT2D eigenvalue weighted by molar-refractivity contribution is 7.90. The van der Waals surface area contributed by atoms with E-state index in [4.69, 9.17) is 5.73 Å². The summed E-state index contributed by atoms with van der Waals surface area (Å²) in [5.41, 5.74) is 8.02. The van der Waals surface area contributed by atoms with Gasteiger partial charge in [-0.15, -0.1) is 4.31 Å². The molecule has 15 heteroatoms. The number of halogens is 4. The summed E-state index contributed by atoms with van der Waals surface area (Å²) in [7, 11) is 0. The van der Waals surface area contributed by atoms with Crippen molar-refractivity contribution in [2.24, 2.45) is 11.1 Å². The number of nitrogens with one attached hydrogen (secondary N) is 2. The number of aromatic nitrogens is 2. The Hall–Kier alpha value is -4.96. The number of rotatable bonds is 11. The summed E-state index contributed by atoms with van der Waals surface area (Å²) in [4.78, 5) is 36.8. The molecule has 5 aromatic rings. The Morgan fingerprint density at radius 1 is 0.981 bits per heavy atom. The Bertz CT molecular complexity index is 2220. The van der Waals surface area contributed by atoms with Crippen molar-refractivity contribution < 1.29 is 31.7 Å². The van der Waals surface area contributed by atoms with Crippen LogP contribution in [0.5, 0.6) is 0 Å². The molecule has 274 valence electrons. The molecule has 4 N–H and O–H groups in total. The number of alkyl halides is 1. The van der Waals surface area contributed by atoms with Crippen LogP contribution in [0.1, 0.15) is 38.3 Å². The first-order valence-electron chi connectivity index (χ1n) is 17.2. The van der Waals surface area contributed by atoms with E-state index in [0.29, 0.717) is 16.6 Å². The molecule has 5 heterocycles. The number of likely N-dealkylation sites (tertiary alicyclic amines) is 1. The number of nitrogens with two attached hydrogens (primary N) is 1. The van der Waals surface area contributed by atoms with Gasteiger partial charge in [-0.25, -0.2) is 22.5 Å². The third-order valence-electron chi connectivity index (χ3n) is 10.4. The third-order valence-corrected chi connectivity index (χ3v) is 11.6. The number of aromatic amines is 1. The summed E-state index contributed by atoms with van der Waals surface area (Å²) in [5, 5.41) is 0.387. The zero-order chi connectivity index (χ0) is 37.0. The molecule has 0 bridgehead atoms. The molecule has 2 atom stereocenters. The number of carbonyl (C=O) groups is 2. The van der Waals surface area contributed by atoms with Gasteiger partial charge in [-0.2, -0.15) is 4.72 Å². The summed E-state index contributed by atoms with van der Waals surface area (Å²) >= 11 is -1.97. The first-order chi connectivity index (χ1) is 25.5. The maximum atomic E-state index is 15.6. The van der Waals surface area contributed by atoms with Gasteiger partial charge in [0.1, 0.15) is 29.1 Å². The Morgan fingerprint density at radius 3 is 2.45 bits per heavy atom. The number of H-pyrrole nitrogens is 1. The van der Waals surface area contributed by atoms with E-state index < -0.39 is 52.4 Å². The Kier molecular flexibility index (Phi) is 9.13. The second kappa shape index (κ2) is 13.8. The van der Waals surface area contributed by atoms with E-state index in [9.17, 15) is 27.3 Å². The van der Waals surface area contributed by atoms with Crippen molar-refractivity contribution >= 4 is 45.6 Å². The first kappa shape index (κ1) is 35.1. The van der Waals surface area contributed by atoms with E-state index in [0.717, 1.165) is 68.1 Å². The molecule has 0 radical (unpaired) electrons. The lowest BCUT2D eigenvalue weighted by atomic mass is 9.72. The van der Waals surface area contributed by atoms with E-state index in [1.807, 2.05) is 24.3 Å². The lowest BCUT2D eigenvalue weighted by Crippen LogP contribution is -2.72. The summed E-state index contributed by atoms with van der Waals surface area (Å²) in [5.74, 6) is -4.56. The van der Waals surface area contributed by atoms with Gasteiger partial charge in [0.2, 0.25) is 5.78 Å². The van der Waals surface area contributed by atoms with Gasteiger partial charge in [0.05, 0.1) is 17.7 Å². The van der Waals surface area contributed by atoms with E-state index >= 15 is 4.39 Å². The Labute approximate surface area is 305 Å². The number of ketones is 1. The summed E-state index contributed by atoms with van der Waals surface area (Å²) in [6, 6.07) is 16.3. The van der Waals surface area contributed by atoms with Crippen LogP contribution >= 0.6 is 0 Å². The zero-order valence-corrected chi connectivity index (χ0v) is 29.2. The second-order valence-corrected chi connectivity index (χ2v) is 15.3. The van der Waals surface area contributed by atoms with E-state index in [1.54, 1.807) is 18.3 Å². The van der Waals surface area contributed by atoms with Crippen molar-refractivity contribution in [2.75, 3.05) is 55.4 Å². The van der Waals surface area contributed by atoms with Crippen LogP contribution in [-0.2, 0) is 18.0 Å². The van der Waals surface area contributed by atoms with Crippen molar-refractivity contribution in [3.05, 3.63) is 113 Å². The molecule has 3 fully saturated rings. The van der Waals surface area contributed by atoms with Crippen molar-refractivity contribution in [3.63, 3.8) is 0 Å². The topological polar surface area (TPSA) is 134 Å². The number of nitrogens with zero attached hydrogens (tertiary/aromatic N) is 4. The summed E-state index contributed by atoms with van der Waals surface area (Å²) in [6.45, 7) is 4.61. The monoisotopic (exact) mass is 745 g/mol. The van der Waals surface area contributed by atoms with Crippen LogP contribution in [-0.4, -0.2) is 87.4 Å². The molecule has 1 amide bonds. The fraction of sp³-hybridized carbons (Fsp3) is 0.289. The van der Waals surface area contributed by atoms with Gasteiger partial charge in [-0.05, 0) is 60.4 Å². The average Bonchev–Trinajstić information content (AvgIpc) is 3.74. The van der Waals surface area contributed by atoms with Gasteiger partial charge in [-0.3, -0.25) is 9.59 Å². The van der Waals surface area contributed by atoms with Crippen LogP contribution in [0, 0.1) is 22.9 Å². The Morgan fingerprint density at radius 2 is 1.75 bits per heavy atom. The number of hydrogen-bond acceptors (Lipinski definition) is 8. The van der Waals surface area contributed by atoms with Crippen LogP contribution in [0.4, 0.5) is 28.9 Å². The maximum Gasteiger partial charge on any atom is 0.251 e. The number of carbonyl (C=O) groups excluding carboxylic acids is 2. The normalized spacial score (nSPS) is 19.0. The molecule has 1 spiro atoms. The molecule has 8 rings (SSSR count). The highest BCUT2D eigenvalue weighted by Crippen LogP contribution is 2.42. The standard InChI is InChI=1S/C38H35F4N7O3S/c39-25-10-12-49(17-25)53(52)46-32-8-7-30(40)33(34(32)42)35(50)29-16-45-37-28(29)13-24(15-44-37)23-3-1-22(2-4-23)9-11-47-18-38(19-47)20-48(21-38)26-5-6-27(36(43)51)31(41)14-26/h1-8,13-16,25,46H,9-12,17-21H2,(H2,43,51)(H,44,45). The SMILES string of the molecule is NC(=O)c1ccc(N2CC3(CN(CCc4ccc(-c5cnc6[nH]cc(C(=O)c7c(F)ccc(N[S+]([O-])N8CCC(F)C8)c7F)c6c5)cc4)C3)C2)cc1F. The van der Waals surface area contributed by atoms with E-state index in [-0.39, 0.29) is 41.7 Å². The minimum absolute atomic E-state index is 0.0249. The molecule has 10 nitrogen and oxygen atoms in total. The fourth-order valence-corrected chi connectivity index (χ4v) is 8.62. The smallest absolute Gasteiger partial charge is 0.251 e. The Balaban J connectivity index is 0.892. The molecule has 3 aliphatic rings. The maximum absolute atomic E-state index is 15.6. The molecule has 3 saturated heterocycles. The number of benzene rings is 3. The van der Waals surface area contributed by atoms with Gasteiger partial charge in [-0.1, -0.05) is 24.3 Å². The van der Waals surface area contributed by atoms with Crippen LogP contribution in [0.3, 0.4) is 0 Å². The van der Waals surface area contributed by atoms with Crippen LogP contribution in [0.15, 0.2) is 73.1 Å². The fourth-order valence-electron chi connectivity index (χ4n) is 7.58. The van der Waals surface area contributed by atoms with E-state index in [1.165, 1.54) is 22.6 Å². The molecular formula is C38H35F4N7O3S.